The zero-order valence-electron chi connectivity index (χ0n) is 13.1. The SMILES string of the molecule is CC(C)c1cccc(NC(=O)CNC(=O)c2ccc(Br)cc2)c1. The molecule has 5 heteroatoms. The second-order valence-corrected chi connectivity index (χ2v) is 6.43. The predicted octanol–water partition coefficient (Wildman–Crippen LogP) is 3.94. The van der Waals surface area contributed by atoms with Crippen molar-refractivity contribution in [3.8, 4) is 0 Å². The van der Waals surface area contributed by atoms with Crippen LogP contribution in [0.5, 0.6) is 0 Å². The molecule has 0 aliphatic heterocycles. The lowest BCUT2D eigenvalue weighted by atomic mass is 10.0. The van der Waals surface area contributed by atoms with E-state index < -0.39 is 0 Å². The minimum atomic E-state index is -0.274. The fourth-order valence-corrected chi connectivity index (χ4v) is 2.31. The highest BCUT2D eigenvalue weighted by atomic mass is 79.9. The maximum absolute atomic E-state index is 12.0. The van der Waals surface area contributed by atoms with Gasteiger partial charge in [0.25, 0.3) is 5.91 Å². The van der Waals surface area contributed by atoms with Gasteiger partial charge in [-0.05, 0) is 47.9 Å². The minimum absolute atomic E-state index is 0.0686. The van der Waals surface area contributed by atoms with Crippen LogP contribution in [-0.4, -0.2) is 18.4 Å². The van der Waals surface area contributed by atoms with E-state index in [1.54, 1.807) is 24.3 Å². The molecule has 0 aliphatic carbocycles. The van der Waals surface area contributed by atoms with Gasteiger partial charge in [-0.25, -0.2) is 0 Å². The average Bonchev–Trinajstić information content (AvgIpc) is 2.53. The molecule has 0 heterocycles. The summed E-state index contributed by atoms with van der Waals surface area (Å²) in [4.78, 5) is 23.9. The molecule has 120 valence electrons. The van der Waals surface area contributed by atoms with Gasteiger partial charge in [-0.3, -0.25) is 9.59 Å². The molecule has 0 atom stereocenters. The van der Waals surface area contributed by atoms with Crippen LogP contribution in [0.25, 0.3) is 0 Å². The van der Waals surface area contributed by atoms with Crippen molar-refractivity contribution < 1.29 is 9.59 Å². The third-order valence-electron chi connectivity index (χ3n) is 3.35. The number of halogens is 1. The van der Waals surface area contributed by atoms with Gasteiger partial charge in [0.2, 0.25) is 5.91 Å². The highest BCUT2D eigenvalue weighted by Crippen LogP contribution is 2.18. The van der Waals surface area contributed by atoms with Crippen molar-refractivity contribution in [1.29, 1.82) is 0 Å². The van der Waals surface area contributed by atoms with Crippen LogP contribution >= 0.6 is 15.9 Å². The maximum atomic E-state index is 12.0. The Labute approximate surface area is 144 Å². The number of carbonyl (C=O) groups is 2. The number of benzene rings is 2. The van der Waals surface area contributed by atoms with Gasteiger partial charge in [-0.1, -0.05) is 41.9 Å². The summed E-state index contributed by atoms with van der Waals surface area (Å²) in [5.74, 6) is -0.135. The molecule has 4 nitrogen and oxygen atoms in total. The number of amides is 2. The minimum Gasteiger partial charge on any atom is -0.343 e. The zero-order valence-corrected chi connectivity index (χ0v) is 14.7. The van der Waals surface area contributed by atoms with E-state index in [2.05, 4.69) is 40.4 Å². The van der Waals surface area contributed by atoms with Crippen molar-refractivity contribution in [2.75, 3.05) is 11.9 Å². The molecule has 23 heavy (non-hydrogen) atoms. The number of nitrogens with one attached hydrogen (secondary N) is 2. The van der Waals surface area contributed by atoms with E-state index >= 15 is 0 Å². The van der Waals surface area contributed by atoms with Crippen molar-refractivity contribution in [2.24, 2.45) is 0 Å². The van der Waals surface area contributed by atoms with Crippen LogP contribution in [0.1, 0.15) is 35.7 Å². The Morgan fingerprint density at radius 3 is 2.43 bits per heavy atom. The highest BCUT2D eigenvalue weighted by Gasteiger charge is 2.09. The third kappa shape index (κ3) is 5.21. The molecule has 2 N–H and O–H groups in total. The van der Waals surface area contributed by atoms with Crippen LogP contribution in [0.4, 0.5) is 5.69 Å². The molecule has 2 aromatic carbocycles. The molecule has 0 aliphatic rings. The van der Waals surface area contributed by atoms with Gasteiger partial charge < -0.3 is 10.6 Å². The summed E-state index contributed by atoms with van der Waals surface area (Å²) in [7, 11) is 0. The van der Waals surface area contributed by atoms with Crippen LogP contribution in [-0.2, 0) is 4.79 Å². The van der Waals surface area contributed by atoms with Crippen molar-refractivity contribution >= 4 is 33.4 Å². The van der Waals surface area contributed by atoms with Gasteiger partial charge in [0.05, 0.1) is 6.54 Å². The van der Waals surface area contributed by atoms with Gasteiger partial charge in [0.15, 0.2) is 0 Å². The molecule has 2 aromatic rings. The van der Waals surface area contributed by atoms with Crippen LogP contribution in [0.3, 0.4) is 0 Å². The average molecular weight is 375 g/mol. The number of rotatable bonds is 5. The third-order valence-corrected chi connectivity index (χ3v) is 3.88. The van der Waals surface area contributed by atoms with Crippen LogP contribution in [0.2, 0.25) is 0 Å². The van der Waals surface area contributed by atoms with Gasteiger partial charge in [-0.15, -0.1) is 0 Å². The maximum Gasteiger partial charge on any atom is 0.251 e. The topological polar surface area (TPSA) is 58.2 Å². The van der Waals surface area contributed by atoms with Gasteiger partial charge in [0.1, 0.15) is 0 Å². The first-order valence-corrected chi connectivity index (χ1v) is 8.18. The van der Waals surface area contributed by atoms with Crippen molar-refractivity contribution in [2.45, 2.75) is 19.8 Å². The molecular formula is C18H19BrN2O2. The Morgan fingerprint density at radius 1 is 1.09 bits per heavy atom. The van der Waals surface area contributed by atoms with Crippen LogP contribution in [0, 0.1) is 0 Å². The second kappa shape index (κ2) is 7.92. The van der Waals surface area contributed by atoms with Crippen LogP contribution in [0.15, 0.2) is 53.0 Å². The molecule has 0 bridgehead atoms. The smallest absolute Gasteiger partial charge is 0.251 e. The van der Waals surface area contributed by atoms with Crippen molar-refractivity contribution in [1.82, 2.24) is 5.32 Å². The highest BCUT2D eigenvalue weighted by molar-refractivity contribution is 9.10. The monoisotopic (exact) mass is 374 g/mol. The lowest BCUT2D eigenvalue weighted by molar-refractivity contribution is -0.115. The summed E-state index contributed by atoms with van der Waals surface area (Å²) < 4.78 is 0.900. The summed E-state index contributed by atoms with van der Waals surface area (Å²) >= 11 is 3.31. The molecule has 0 aromatic heterocycles. The summed E-state index contributed by atoms with van der Waals surface area (Å²) in [6.07, 6.45) is 0. The summed E-state index contributed by atoms with van der Waals surface area (Å²) in [5, 5.41) is 5.40. The molecular weight excluding hydrogens is 356 g/mol. The van der Waals surface area contributed by atoms with E-state index in [1.807, 2.05) is 24.3 Å². The summed E-state index contributed by atoms with van der Waals surface area (Å²) in [6, 6.07) is 14.7. The molecule has 2 rings (SSSR count). The number of hydrogen-bond donors (Lipinski definition) is 2. The van der Waals surface area contributed by atoms with E-state index in [0.29, 0.717) is 11.5 Å². The van der Waals surface area contributed by atoms with E-state index in [9.17, 15) is 9.59 Å². The fourth-order valence-electron chi connectivity index (χ4n) is 2.04. The Kier molecular flexibility index (Phi) is 5.93. The normalized spacial score (nSPS) is 10.4. The first-order valence-electron chi connectivity index (χ1n) is 7.39. The fraction of sp³-hybridized carbons (Fsp3) is 0.222. The van der Waals surface area contributed by atoms with E-state index in [0.717, 1.165) is 15.7 Å². The summed E-state index contributed by atoms with van der Waals surface area (Å²) in [5.41, 5.74) is 2.41. The Morgan fingerprint density at radius 2 is 1.78 bits per heavy atom. The predicted molar refractivity (Wildman–Crippen MR) is 95.6 cm³/mol. The molecule has 0 saturated carbocycles. The lowest BCUT2D eigenvalue weighted by Crippen LogP contribution is -2.32. The first-order chi connectivity index (χ1) is 11.0. The van der Waals surface area contributed by atoms with E-state index in [-0.39, 0.29) is 18.4 Å². The van der Waals surface area contributed by atoms with E-state index in [1.165, 1.54) is 0 Å². The quantitative estimate of drug-likeness (QED) is 0.832. The molecule has 0 radical (unpaired) electrons. The molecule has 0 fully saturated rings. The standard InChI is InChI=1S/C18H19BrN2O2/c1-12(2)14-4-3-5-16(10-14)21-17(22)11-20-18(23)13-6-8-15(19)9-7-13/h3-10,12H,11H2,1-2H3,(H,20,23)(H,21,22). The Balaban J connectivity index is 1.89. The van der Waals surface area contributed by atoms with Gasteiger partial charge in [-0.2, -0.15) is 0 Å². The summed E-state index contributed by atoms with van der Waals surface area (Å²) in [6.45, 7) is 4.12. The number of hydrogen-bond acceptors (Lipinski definition) is 2. The first kappa shape index (κ1) is 17.2. The van der Waals surface area contributed by atoms with Crippen molar-refractivity contribution in [3.63, 3.8) is 0 Å². The molecule has 0 unspecified atom stereocenters. The molecule has 0 spiro atoms. The zero-order chi connectivity index (χ0) is 16.8. The van der Waals surface area contributed by atoms with Gasteiger partial charge >= 0.3 is 0 Å². The Bertz CT molecular complexity index is 696. The van der Waals surface area contributed by atoms with Crippen molar-refractivity contribution in [3.05, 3.63) is 64.1 Å². The second-order valence-electron chi connectivity index (χ2n) is 5.52. The lowest BCUT2D eigenvalue weighted by Gasteiger charge is -2.10. The number of anilines is 1. The van der Waals surface area contributed by atoms with E-state index in [4.69, 9.17) is 0 Å². The molecule has 0 saturated heterocycles. The van der Waals surface area contributed by atoms with Crippen LogP contribution < -0.4 is 10.6 Å². The van der Waals surface area contributed by atoms with Gasteiger partial charge in [0, 0.05) is 15.7 Å². The number of carbonyl (C=O) groups excluding carboxylic acids is 2. The Hall–Kier alpha value is -2.14. The largest absolute Gasteiger partial charge is 0.343 e. The molecule has 2 amide bonds.